The van der Waals surface area contributed by atoms with Crippen molar-refractivity contribution in [1.29, 1.82) is 0 Å². The Hall–Kier alpha value is -2.21. The number of pyridine rings is 1. The van der Waals surface area contributed by atoms with E-state index in [-0.39, 0.29) is 0 Å². The monoisotopic (exact) mass is 245 g/mol. The standard InChI is InChI=1S/C12H15N5O/c1-18-8-12-16-10(13)6-11(17-12)15-7-9-4-2-3-5-14-9/h2-6H,7-8H2,1H3,(H3,13,15,16,17). The lowest BCUT2D eigenvalue weighted by molar-refractivity contribution is 0.178. The van der Waals surface area contributed by atoms with E-state index in [1.165, 1.54) is 0 Å². The van der Waals surface area contributed by atoms with Crippen molar-refractivity contribution in [3.8, 4) is 0 Å². The van der Waals surface area contributed by atoms with Crippen LogP contribution in [0.1, 0.15) is 11.5 Å². The number of nitrogen functional groups attached to an aromatic ring is 1. The number of nitrogens with one attached hydrogen (secondary N) is 1. The molecule has 94 valence electrons. The van der Waals surface area contributed by atoms with Crippen LogP contribution in [0, 0.1) is 0 Å². The number of aromatic nitrogens is 3. The molecule has 0 spiro atoms. The molecule has 0 bridgehead atoms. The minimum Gasteiger partial charge on any atom is -0.384 e. The van der Waals surface area contributed by atoms with Gasteiger partial charge < -0.3 is 15.8 Å². The lowest BCUT2D eigenvalue weighted by Gasteiger charge is -2.07. The number of methoxy groups -OCH3 is 1. The summed E-state index contributed by atoms with van der Waals surface area (Å²) in [5, 5.41) is 3.15. The van der Waals surface area contributed by atoms with Crippen molar-refractivity contribution < 1.29 is 4.74 Å². The first-order valence-electron chi connectivity index (χ1n) is 5.54. The van der Waals surface area contributed by atoms with Crippen molar-refractivity contribution in [2.75, 3.05) is 18.2 Å². The zero-order valence-corrected chi connectivity index (χ0v) is 10.1. The average Bonchev–Trinajstić information content (AvgIpc) is 2.37. The topological polar surface area (TPSA) is 86.0 Å². The first-order chi connectivity index (χ1) is 8.78. The maximum atomic E-state index is 5.70. The molecule has 0 aromatic carbocycles. The number of ether oxygens (including phenoxy) is 1. The lowest BCUT2D eigenvalue weighted by Crippen LogP contribution is -2.07. The molecule has 2 rings (SSSR count). The highest BCUT2D eigenvalue weighted by molar-refractivity contribution is 5.44. The number of hydrogen-bond donors (Lipinski definition) is 2. The Morgan fingerprint density at radius 2 is 2.22 bits per heavy atom. The summed E-state index contributed by atoms with van der Waals surface area (Å²) < 4.78 is 4.98. The van der Waals surface area contributed by atoms with Crippen LogP contribution in [0.4, 0.5) is 11.6 Å². The van der Waals surface area contributed by atoms with E-state index in [1.807, 2.05) is 18.2 Å². The summed E-state index contributed by atoms with van der Waals surface area (Å²) in [6, 6.07) is 7.44. The van der Waals surface area contributed by atoms with Crippen LogP contribution in [0.25, 0.3) is 0 Å². The number of nitrogens with two attached hydrogens (primary N) is 1. The molecule has 3 N–H and O–H groups in total. The molecule has 0 saturated carbocycles. The van der Waals surface area contributed by atoms with Gasteiger partial charge in [0.25, 0.3) is 0 Å². The van der Waals surface area contributed by atoms with E-state index in [0.29, 0.717) is 30.6 Å². The third-order valence-electron chi connectivity index (χ3n) is 2.24. The van der Waals surface area contributed by atoms with E-state index < -0.39 is 0 Å². The molecule has 2 aromatic rings. The fourth-order valence-corrected chi connectivity index (χ4v) is 1.49. The van der Waals surface area contributed by atoms with Gasteiger partial charge in [0.2, 0.25) is 0 Å². The van der Waals surface area contributed by atoms with Crippen LogP contribution in [-0.4, -0.2) is 22.1 Å². The van der Waals surface area contributed by atoms with Crippen LogP contribution in [-0.2, 0) is 17.9 Å². The van der Waals surface area contributed by atoms with Gasteiger partial charge in [0.15, 0.2) is 5.82 Å². The summed E-state index contributed by atoms with van der Waals surface area (Å²) in [4.78, 5) is 12.6. The number of nitrogens with zero attached hydrogens (tertiary/aromatic N) is 3. The van der Waals surface area contributed by atoms with Crippen LogP contribution in [0.3, 0.4) is 0 Å². The highest BCUT2D eigenvalue weighted by atomic mass is 16.5. The molecule has 0 amide bonds. The van der Waals surface area contributed by atoms with Crippen molar-refractivity contribution >= 4 is 11.6 Å². The number of hydrogen-bond acceptors (Lipinski definition) is 6. The van der Waals surface area contributed by atoms with Crippen molar-refractivity contribution in [2.24, 2.45) is 0 Å². The zero-order valence-electron chi connectivity index (χ0n) is 10.1. The average molecular weight is 245 g/mol. The van der Waals surface area contributed by atoms with Crippen molar-refractivity contribution in [2.45, 2.75) is 13.2 Å². The molecular weight excluding hydrogens is 230 g/mol. The van der Waals surface area contributed by atoms with E-state index in [9.17, 15) is 0 Å². The van der Waals surface area contributed by atoms with Gasteiger partial charge in [0, 0.05) is 19.4 Å². The molecule has 0 atom stereocenters. The highest BCUT2D eigenvalue weighted by Gasteiger charge is 2.02. The predicted octanol–water partition coefficient (Wildman–Crippen LogP) is 1.21. The Morgan fingerprint density at radius 3 is 2.94 bits per heavy atom. The van der Waals surface area contributed by atoms with Crippen LogP contribution >= 0.6 is 0 Å². The third-order valence-corrected chi connectivity index (χ3v) is 2.24. The second-order valence-electron chi connectivity index (χ2n) is 3.70. The molecule has 0 saturated heterocycles. The zero-order chi connectivity index (χ0) is 12.8. The van der Waals surface area contributed by atoms with Crippen LogP contribution in [0.15, 0.2) is 30.5 Å². The lowest BCUT2D eigenvalue weighted by atomic mass is 10.3. The van der Waals surface area contributed by atoms with Gasteiger partial charge in [-0.1, -0.05) is 6.07 Å². The Balaban J connectivity index is 2.05. The second kappa shape index (κ2) is 5.92. The minimum atomic E-state index is 0.337. The van der Waals surface area contributed by atoms with E-state index >= 15 is 0 Å². The quantitative estimate of drug-likeness (QED) is 0.823. The smallest absolute Gasteiger partial charge is 0.158 e. The molecule has 0 aliphatic heterocycles. The minimum absolute atomic E-state index is 0.337. The van der Waals surface area contributed by atoms with Gasteiger partial charge in [-0.15, -0.1) is 0 Å². The second-order valence-corrected chi connectivity index (χ2v) is 3.70. The third kappa shape index (κ3) is 3.39. The number of rotatable bonds is 5. The number of anilines is 2. The van der Waals surface area contributed by atoms with E-state index in [0.717, 1.165) is 5.69 Å². The largest absolute Gasteiger partial charge is 0.384 e. The van der Waals surface area contributed by atoms with Gasteiger partial charge in [-0.25, -0.2) is 9.97 Å². The Labute approximate surface area is 105 Å². The molecule has 6 heteroatoms. The molecule has 6 nitrogen and oxygen atoms in total. The molecule has 2 aromatic heterocycles. The normalized spacial score (nSPS) is 10.3. The Kier molecular flexibility index (Phi) is 4.03. The molecule has 0 unspecified atom stereocenters. The Bertz CT molecular complexity index is 503. The fraction of sp³-hybridized carbons (Fsp3) is 0.250. The molecule has 2 heterocycles. The van der Waals surface area contributed by atoms with E-state index in [2.05, 4.69) is 20.3 Å². The summed E-state index contributed by atoms with van der Waals surface area (Å²) in [5.74, 6) is 1.64. The van der Waals surface area contributed by atoms with Gasteiger partial charge in [-0.3, -0.25) is 4.98 Å². The highest BCUT2D eigenvalue weighted by Crippen LogP contribution is 2.10. The van der Waals surface area contributed by atoms with Gasteiger partial charge in [0.1, 0.15) is 18.2 Å². The first-order valence-corrected chi connectivity index (χ1v) is 5.54. The van der Waals surface area contributed by atoms with E-state index in [1.54, 1.807) is 19.4 Å². The van der Waals surface area contributed by atoms with Gasteiger partial charge >= 0.3 is 0 Å². The van der Waals surface area contributed by atoms with Crippen molar-refractivity contribution in [3.63, 3.8) is 0 Å². The van der Waals surface area contributed by atoms with Crippen LogP contribution in [0.5, 0.6) is 0 Å². The van der Waals surface area contributed by atoms with Gasteiger partial charge in [-0.2, -0.15) is 0 Å². The van der Waals surface area contributed by atoms with Crippen LogP contribution < -0.4 is 11.1 Å². The van der Waals surface area contributed by atoms with Crippen molar-refractivity contribution in [1.82, 2.24) is 15.0 Å². The molecule has 18 heavy (non-hydrogen) atoms. The van der Waals surface area contributed by atoms with Gasteiger partial charge in [0.05, 0.1) is 12.2 Å². The summed E-state index contributed by atoms with van der Waals surface area (Å²) in [7, 11) is 1.59. The predicted molar refractivity (Wildman–Crippen MR) is 68.7 cm³/mol. The first kappa shape index (κ1) is 12.3. The Morgan fingerprint density at radius 1 is 1.33 bits per heavy atom. The molecule has 0 fully saturated rings. The summed E-state index contributed by atoms with van der Waals surface area (Å²) in [5.41, 5.74) is 6.63. The molecule has 0 aliphatic rings. The summed E-state index contributed by atoms with van der Waals surface area (Å²) in [6.45, 7) is 0.924. The van der Waals surface area contributed by atoms with Crippen LogP contribution in [0.2, 0.25) is 0 Å². The van der Waals surface area contributed by atoms with E-state index in [4.69, 9.17) is 10.5 Å². The fourth-order valence-electron chi connectivity index (χ4n) is 1.49. The van der Waals surface area contributed by atoms with Crippen molar-refractivity contribution in [3.05, 3.63) is 42.0 Å². The SMILES string of the molecule is COCc1nc(N)cc(NCc2ccccn2)n1. The summed E-state index contributed by atoms with van der Waals surface area (Å²) in [6.07, 6.45) is 1.75. The van der Waals surface area contributed by atoms with Gasteiger partial charge in [-0.05, 0) is 12.1 Å². The maximum absolute atomic E-state index is 5.70. The molecule has 0 aliphatic carbocycles. The summed E-state index contributed by atoms with van der Waals surface area (Å²) >= 11 is 0. The molecule has 0 radical (unpaired) electrons. The molecular formula is C12H15N5O. The maximum Gasteiger partial charge on any atom is 0.158 e.